The Labute approximate surface area is 108 Å². The first-order valence-electron chi connectivity index (χ1n) is 6.94. The minimum absolute atomic E-state index is 0.0760. The third-order valence-electron chi connectivity index (χ3n) is 4.30. The van der Waals surface area contributed by atoms with Crippen LogP contribution in [0.3, 0.4) is 0 Å². The van der Waals surface area contributed by atoms with Gasteiger partial charge in [-0.05, 0) is 25.2 Å². The zero-order valence-electron chi connectivity index (χ0n) is 11.0. The van der Waals surface area contributed by atoms with Gasteiger partial charge in [-0.15, -0.1) is 0 Å². The Morgan fingerprint density at radius 3 is 2.56 bits per heavy atom. The average Bonchev–Trinajstić information content (AvgIpc) is 2.87. The van der Waals surface area contributed by atoms with Gasteiger partial charge in [0.25, 0.3) is 0 Å². The maximum absolute atomic E-state index is 11.1. The average molecular weight is 253 g/mol. The number of rotatable bonds is 3. The van der Waals surface area contributed by atoms with Crippen LogP contribution in [-0.4, -0.2) is 33.4 Å². The quantitative estimate of drug-likeness (QED) is 0.460. The molecule has 0 aromatic heterocycles. The van der Waals surface area contributed by atoms with Crippen molar-refractivity contribution in [2.75, 3.05) is 0 Å². The molecule has 18 heavy (non-hydrogen) atoms. The Balaban J connectivity index is 1.88. The van der Waals surface area contributed by atoms with Crippen LogP contribution in [0.5, 0.6) is 0 Å². The van der Waals surface area contributed by atoms with Crippen LogP contribution in [0, 0.1) is 11.8 Å². The van der Waals surface area contributed by atoms with Crippen LogP contribution in [0.15, 0.2) is 12.2 Å². The van der Waals surface area contributed by atoms with Gasteiger partial charge in [0.1, 0.15) is 0 Å². The summed E-state index contributed by atoms with van der Waals surface area (Å²) < 4.78 is 0. The molecule has 0 aliphatic heterocycles. The molecule has 3 atom stereocenters. The van der Waals surface area contributed by atoms with Crippen molar-refractivity contribution in [1.29, 1.82) is 0 Å². The molecule has 2 rings (SSSR count). The molecule has 2 aliphatic carbocycles. The summed E-state index contributed by atoms with van der Waals surface area (Å²) >= 11 is 0. The van der Waals surface area contributed by atoms with E-state index in [0.29, 0.717) is 12.3 Å². The van der Waals surface area contributed by atoms with Crippen molar-refractivity contribution in [1.82, 2.24) is 5.06 Å². The third kappa shape index (κ3) is 2.93. The molecule has 0 saturated heterocycles. The molecule has 1 fully saturated rings. The number of hydrogen-bond acceptors (Lipinski definition) is 3. The predicted octanol–water partition coefficient (Wildman–Crippen LogP) is 2.11. The third-order valence-corrected chi connectivity index (χ3v) is 4.30. The van der Waals surface area contributed by atoms with Crippen LogP contribution < -0.4 is 0 Å². The number of hydrogen-bond donors (Lipinski definition) is 2. The normalized spacial score (nSPS) is 30.4. The van der Waals surface area contributed by atoms with Gasteiger partial charge in [0, 0.05) is 12.8 Å². The van der Waals surface area contributed by atoms with Gasteiger partial charge in [-0.2, -0.15) is 0 Å². The summed E-state index contributed by atoms with van der Waals surface area (Å²) in [6.07, 6.45) is 10.00. The Morgan fingerprint density at radius 2 is 1.94 bits per heavy atom. The maximum Gasteiger partial charge on any atom is 0.243 e. The molecule has 0 spiro atoms. The molecule has 0 aromatic rings. The van der Waals surface area contributed by atoms with Crippen molar-refractivity contribution in [2.24, 2.45) is 11.8 Å². The van der Waals surface area contributed by atoms with Crippen LogP contribution in [-0.2, 0) is 4.79 Å². The van der Waals surface area contributed by atoms with E-state index in [4.69, 9.17) is 0 Å². The zero-order chi connectivity index (χ0) is 13.1. The number of amides is 1. The van der Waals surface area contributed by atoms with Gasteiger partial charge in [0.15, 0.2) is 0 Å². The highest BCUT2D eigenvalue weighted by molar-refractivity contribution is 5.72. The summed E-state index contributed by atoms with van der Waals surface area (Å²) in [5.41, 5.74) is 0. The standard InChI is InChI=1S/C14H23NO3/c1-10(16)15(18)13-8-7-12(9-13)14(17)11-5-3-2-4-6-11/h7-8,11-14,17-18H,2-6,9H2,1H3/t12-,13+,14?/m1/s1. The molecule has 0 aromatic carbocycles. The lowest BCUT2D eigenvalue weighted by Crippen LogP contribution is -2.36. The first-order chi connectivity index (χ1) is 8.59. The largest absolute Gasteiger partial charge is 0.392 e. The molecule has 2 N–H and O–H groups in total. The summed E-state index contributed by atoms with van der Waals surface area (Å²) in [6.45, 7) is 1.35. The van der Waals surface area contributed by atoms with Crippen molar-refractivity contribution in [3.63, 3.8) is 0 Å². The minimum atomic E-state index is -0.350. The van der Waals surface area contributed by atoms with Crippen LogP contribution >= 0.6 is 0 Å². The number of carbonyl (C=O) groups excluding carboxylic acids is 1. The van der Waals surface area contributed by atoms with Gasteiger partial charge in [-0.25, -0.2) is 5.06 Å². The minimum Gasteiger partial charge on any atom is -0.392 e. The molecule has 4 nitrogen and oxygen atoms in total. The highest BCUT2D eigenvalue weighted by atomic mass is 16.5. The molecule has 1 saturated carbocycles. The molecule has 0 heterocycles. The molecule has 1 amide bonds. The maximum atomic E-state index is 11.1. The van der Waals surface area contributed by atoms with Crippen molar-refractivity contribution >= 4 is 5.91 Å². The van der Waals surface area contributed by atoms with Gasteiger partial charge < -0.3 is 5.11 Å². The Hall–Kier alpha value is -0.870. The van der Waals surface area contributed by atoms with E-state index in [1.807, 2.05) is 12.2 Å². The van der Waals surface area contributed by atoms with E-state index < -0.39 is 0 Å². The molecular weight excluding hydrogens is 230 g/mol. The lowest BCUT2D eigenvalue weighted by molar-refractivity contribution is -0.169. The molecule has 0 bridgehead atoms. The van der Waals surface area contributed by atoms with Gasteiger partial charge >= 0.3 is 0 Å². The van der Waals surface area contributed by atoms with E-state index >= 15 is 0 Å². The Bertz CT molecular complexity index is 323. The molecular formula is C14H23NO3. The van der Waals surface area contributed by atoms with Crippen molar-refractivity contribution in [2.45, 2.75) is 57.6 Å². The summed E-state index contributed by atoms with van der Waals surface area (Å²) in [7, 11) is 0. The molecule has 1 unspecified atom stereocenters. The monoisotopic (exact) mass is 253 g/mol. The van der Waals surface area contributed by atoms with E-state index in [-0.39, 0.29) is 24.0 Å². The van der Waals surface area contributed by atoms with Gasteiger partial charge in [-0.3, -0.25) is 10.0 Å². The van der Waals surface area contributed by atoms with E-state index in [9.17, 15) is 15.1 Å². The second-order valence-corrected chi connectivity index (χ2v) is 5.60. The Kier molecular flexibility index (Phi) is 4.40. The molecule has 0 radical (unpaired) electrons. The first kappa shape index (κ1) is 13.6. The summed E-state index contributed by atoms with van der Waals surface area (Å²) in [5, 5.41) is 20.7. The van der Waals surface area contributed by atoms with Crippen LogP contribution in [0.4, 0.5) is 0 Å². The second-order valence-electron chi connectivity index (χ2n) is 5.60. The van der Waals surface area contributed by atoms with E-state index in [0.717, 1.165) is 17.9 Å². The number of hydroxylamine groups is 2. The highest BCUT2D eigenvalue weighted by Crippen LogP contribution is 2.34. The van der Waals surface area contributed by atoms with Gasteiger partial charge in [-0.1, -0.05) is 31.4 Å². The fraction of sp³-hybridized carbons (Fsp3) is 0.786. The number of aliphatic hydroxyl groups is 1. The zero-order valence-corrected chi connectivity index (χ0v) is 11.0. The first-order valence-corrected chi connectivity index (χ1v) is 6.94. The molecule has 2 aliphatic rings. The van der Waals surface area contributed by atoms with Crippen LogP contribution in [0.25, 0.3) is 0 Å². The fourth-order valence-corrected chi connectivity index (χ4v) is 3.20. The van der Waals surface area contributed by atoms with Crippen molar-refractivity contribution < 1.29 is 15.1 Å². The highest BCUT2D eigenvalue weighted by Gasteiger charge is 2.33. The van der Waals surface area contributed by atoms with Gasteiger partial charge in [0.2, 0.25) is 5.91 Å². The Morgan fingerprint density at radius 1 is 1.28 bits per heavy atom. The lowest BCUT2D eigenvalue weighted by Gasteiger charge is -2.30. The van der Waals surface area contributed by atoms with E-state index in [1.54, 1.807) is 0 Å². The van der Waals surface area contributed by atoms with Crippen LogP contribution in [0.2, 0.25) is 0 Å². The van der Waals surface area contributed by atoms with Crippen molar-refractivity contribution in [3.8, 4) is 0 Å². The van der Waals surface area contributed by atoms with Gasteiger partial charge in [0.05, 0.1) is 12.1 Å². The lowest BCUT2D eigenvalue weighted by atomic mass is 9.80. The number of carbonyl (C=O) groups is 1. The summed E-state index contributed by atoms with van der Waals surface area (Å²) in [6, 6.07) is -0.272. The molecule has 4 heteroatoms. The molecule has 102 valence electrons. The SMILES string of the molecule is CC(=O)N(O)[C@H]1C=C[C@@H](C(O)C2CCCCC2)C1. The summed E-state index contributed by atoms with van der Waals surface area (Å²) in [4.78, 5) is 11.1. The predicted molar refractivity (Wildman–Crippen MR) is 67.9 cm³/mol. The topological polar surface area (TPSA) is 60.8 Å². The van der Waals surface area contributed by atoms with E-state index in [2.05, 4.69) is 0 Å². The summed E-state index contributed by atoms with van der Waals surface area (Å²) in [5.74, 6) is 0.112. The second kappa shape index (κ2) is 5.85. The number of nitrogens with zero attached hydrogens (tertiary/aromatic N) is 1. The van der Waals surface area contributed by atoms with E-state index in [1.165, 1.54) is 26.2 Å². The number of aliphatic hydroxyl groups excluding tert-OH is 1. The fourth-order valence-electron chi connectivity index (χ4n) is 3.20. The smallest absolute Gasteiger partial charge is 0.243 e. The van der Waals surface area contributed by atoms with Crippen LogP contribution in [0.1, 0.15) is 45.4 Å². The van der Waals surface area contributed by atoms with Crippen molar-refractivity contribution in [3.05, 3.63) is 12.2 Å².